The van der Waals surface area contributed by atoms with Crippen molar-refractivity contribution in [1.82, 2.24) is 15.3 Å². The molecule has 1 fully saturated rings. The van der Waals surface area contributed by atoms with Crippen molar-refractivity contribution >= 4 is 22.6 Å². The average molecular weight is 387 g/mol. The Morgan fingerprint density at radius 1 is 1.18 bits per heavy atom. The third kappa shape index (κ3) is 4.11. The number of nitrogens with one attached hydrogen (secondary N) is 1. The zero-order chi connectivity index (χ0) is 20.3. The van der Waals surface area contributed by atoms with Crippen LogP contribution in [0.1, 0.15) is 26.7 Å². The van der Waals surface area contributed by atoms with E-state index in [1.807, 2.05) is 26.0 Å². The summed E-state index contributed by atoms with van der Waals surface area (Å²) in [6, 6.07) is 3.45. The summed E-state index contributed by atoms with van der Waals surface area (Å²) < 4.78 is 10.8. The molecule has 0 saturated carbocycles. The summed E-state index contributed by atoms with van der Waals surface area (Å²) in [6.07, 6.45) is 3.25. The molecule has 8 heteroatoms. The van der Waals surface area contributed by atoms with Crippen molar-refractivity contribution in [3.8, 4) is 11.5 Å². The molecule has 0 radical (unpaired) electrons. The van der Waals surface area contributed by atoms with Gasteiger partial charge in [0.25, 0.3) is 0 Å². The van der Waals surface area contributed by atoms with Crippen molar-refractivity contribution < 1.29 is 14.3 Å². The molecule has 0 aliphatic carbocycles. The largest absolute Gasteiger partial charge is 0.493 e. The van der Waals surface area contributed by atoms with Crippen molar-refractivity contribution in [3.05, 3.63) is 18.5 Å². The number of hydrogen-bond acceptors (Lipinski definition) is 7. The highest BCUT2D eigenvalue weighted by Crippen LogP contribution is 2.35. The molecule has 1 aliphatic heterocycles. The molecule has 1 atom stereocenters. The van der Waals surface area contributed by atoms with Crippen LogP contribution >= 0.6 is 0 Å². The SMILES string of the molecule is COc1cc2ncnc(N3CCC(NC(=O)[C@@H](N)C(C)C)CC3)c2cc1OC. The van der Waals surface area contributed by atoms with Crippen LogP contribution in [-0.4, -0.2) is 55.3 Å². The van der Waals surface area contributed by atoms with Crippen LogP contribution in [-0.2, 0) is 4.79 Å². The number of nitrogens with two attached hydrogens (primary N) is 1. The molecule has 3 N–H and O–H groups in total. The number of ether oxygens (including phenoxy) is 2. The van der Waals surface area contributed by atoms with Crippen LogP contribution < -0.4 is 25.4 Å². The van der Waals surface area contributed by atoms with Crippen LogP contribution in [0.25, 0.3) is 10.9 Å². The average Bonchev–Trinajstić information content (AvgIpc) is 2.72. The summed E-state index contributed by atoms with van der Waals surface area (Å²) in [7, 11) is 3.22. The number of amides is 1. The van der Waals surface area contributed by atoms with Gasteiger partial charge in [-0.3, -0.25) is 4.79 Å². The summed E-state index contributed by atoms with van der Waals surface area (Å²) >= 11 is 0. The van der Waals surface area contributed by atoms with Crippen molar-refractivity contribution in [1.29, 1.82) is 0 Å². The van der Waals surface area contributed by atoms with E-state index in [1.165, 1.54) is 0 Å². The van der Waals surface area contributed by atoms with E-state index in [1.54, 1.807) is 20.5 Å². The van der Waals surface area contributed by atoms with Crippen LogP contribution in [0.5, 0.6) is 11.5 Å². The zero-order valence-corrected chi connectivity index (χ0v) is 16.9. The van der Waals surface area contributed by atoms with Gasteiger partial charge in [0.15, 0.2) is 11.5 Å². The number of fused-ring (bicyclic) bond motifs is 1. The molecule has 1 aromatic heterocycles. The lowest BCUT2D eigenvalue weighted by atomic mass is 10.0. The Balaban J connectivity index is 1.74. The van der Waals surface area contributed by atoms with Gasteiger partial charge in [-0.25, -0.2) is 9.97 Å². The molecule has 28 heavy (non-hydrogen) atoms. The third-order valence-corrected chi connectivity index (χ3v) is 5.28. The Morgan fingerprint density at radius 2 is 1.82 bits per heavy atom. The second kappa shape index (κ2) is 8.60. The molecule has 0 bridgehead atoms. The van der Waals surface area contributed by atoms with E-state index in [0.717, 1.165) is 42.7 Å². The molecule has 8 nitrogen and oxygen atoms in total. The van der Waals surface area contributed by atoms with Gasteiger partial charge in [-0.2, -0.15) is 0 Å². The Kier molecular flexibility index (Phi) is 6.18. The lowest BCUT2D eigenvalue weighted by molar-refractivity contribution is -0.124. The molecular formula is C20H29N5O3. The Morgan fingerprint density at radius 3 is 2.43 bits per heavy atom. The number of carbonyl (C=O) groups excluding carboxylic acids is 1. The Bertz CT molecular complexity index is 834. The first-order valence-corrected chi connectivity index (χ1v) is 9.62. The van der Waals surface area contributed by atoms with Gasteiger partial charge in [-0.15, -0.1) is 0 Å². The predicted molar refractivity (Wildman–Crippen MR) is 109 cm³/mol. The fraction of sp³-hybridized carbons (Fsp3) is 0.550. The smallest absolute Gasteiger partial charge is 0.237 e. The second-order valence-electron chi connectivity index (χ2n) is 7.46. The van der Waals surface area contributed by atoms with E-state index in [0.29, 0.717) is 11.5 Å². The minimum absolute atomic E-state index is 0.0715. The quantitative estimate of drug-likeness (QED) is 0.778. The number of piperidine rings is 1. The van der Waals surface area contributed by atoms with Gasteiger partial charge >= 0.3 is 0 Å². The number of rotatable bonds is 6. The molecule has 1 saturated heterocycles. The molecule has 1 aliphatic rings. The fourth-order valence-corrected chi connectivity index (χ4v) is 3.46. The van der Waals surface area contributed by atoms with Crippen LogP contribution in [0.4, 0.5) is 5.82 Å². The van der Waals surface area contributed by atoms with E-state index >= 15 is 0 Å². The first-order chi connectivity index (χ1) is 13.4. The minimum Gasteiger partial charge on any atom is -0.493 e. The normalized spacial score (nSPS) is 16.3. The van der Waals surface area contributed by atoms with Crippen LogP contribution in [0.3, 0.4) is 0 Å². The van der Waals surface area contributed by atoms with E-state index in [9.17, 15) is 4.79 Å². The zero-order valence-electron chi connectivity index (χ0n) is 16.9. The minimum atomic E-state index is -0.466. The number of methoxy groups -OCH3 is 2. The van der Waals surface area contributed by atoms with Gasteiger partial charge < -0.3 is 25.4 Å². The summed E-state index contributed by atoms with van der Waals surface area (Å²) in [5, 5.41) is 4.00. The highest BCUT2D eigenvalue weighted by molar-refractivity contribution is 5.92. The van der Waals surface area contributed by atoms with E-state index in [4.69, 9.17) is 15.2 Å². The highest BCUT2D eigenvalue weighted by atomic mass is 16.5. The number of carbonyl (C=O) groups is 1. The lowest BCUT2D eigenvalue weighted by Crippen LogP contribution is -2.51. The molecule has 1 aromatic carbocycles. The van der Waals surface area contributed by atoms with E-state index in [2.05, 4.69) is 20.2 Å². The summed E-state index contributed by atoms with van der Waals surface area (Å²) in [6.45, 7) is 5.50. The van der Waals surface area contributed by atoms with Crippen molar-refractivity contribution in [2.45, 2.75) is 38.8 Å². The van der Waals surface area contributed by atoms with Gasteiger partial charge in [0.1, 0.15) is 12.1 Å². The van der Waals surface area contributed by atoms with E-state index in [-0.39, 0.29) is 17.9 Å². The van der Waals surface area contributed by atoms with Crippen molar-refractivity contribution in [2.24, 2.45) is 11.7 Å². The molecule has 152 valence electrons. The Labute approximate surface area is 165 Å². The van der Waals surface area contributed by atoms with E-state index < -0.39 is 6.04 Å². The number of anilines is 1. The van der Waals surface area contributed by atoms with Gasteiger partial charge in [0.05, 0.1) is 25.8 Å². The summed E-state index contributed by atoms with van der Waals surface area (Å²) in [5.41, 5.74) is 6.75. The van der Waals surface area contributed by atoms with Crippen LogP contribution in [0, 0.1) is 5.92 Å². The maximum atomic E-state index is 12.2. The topological polar surface area (TPSA) is 103 Å². The number of nitrogens with zero attached hydrogens (tertiary/aromatic N) is 3. The molecule has 1 amide bonds. The van der Waals surface area contributed by atoms with Gasteiger partial charge in [-0.05, 0) is 24.8 Å². The highest BCUT2D eigenvalue weighted by Gasteiger charge is 2.26. The number of hydrogen-bond donors (Lipinski definition) is 2. The molecule has 0 spiro atoms. The summed E-state index contributed by atoms with van der Waals surface area (Å²) in [4.78, 5) is 23.3. The standard InChI is InChI=1S/C20H29N5O3/c1-12(2)18(21)20(26)24-13-5-7-25(8-6-13)19-14-9-16(27-3)17(28-4)10-15(14)22-11-23-19/h9-13,18H,5-8,21H2,1-4H3,(H,24,26)/t18-/m0/s1. The maximum Gasteiger partial charge on any atom is 0.237 e. The molecule has 2 heterocycles. The molecule has 2 aromatic rings. The summed E-state index contributed by atoms with van der Waals surface area (Å²) in [5.74, 6) is 2.21. The lowest BCUT2D eigenvalue weighted by Gasteiger charge is -2.34. The second-order valence-corrected chi connectivity index (χ2v) is 7.46. The first-order valence-electron chi connectivity index (χ1n) is 9.62. The number of aromatic nitrogens is 2. The maximum absolute atomic E-state index is 12.2. The number of benzene rings is 1. The Hall–Kier alpha value is -2.61. The predicted octanol–water partition coefficient (Wildman–Crippen LogP) is 1.72. The van der Waals surface area contributed by atoms with Crippen molar-refractivity contribution in [2.75, 3.05) is 32.2 Å². The van der Waals surface area contributed by atoms with Crippen LogP contribution in [0.2, 0.25) is 0 Å². The molecule has 3 rings (SSSR count). The van der Waals surface area contributed by atoms with Gasteiger partial charge in [0.2, 0.25) is 5.91 Å². The first kappa shape index (κ1) is 20.1. The molecular weight excluding hydrogens is 358 g/mol. The van der Waals surface area contributed by atoms with Gasteiger partial charge in [0, 0.05) is 30.6 Å². The van der Waals surface area contributed by atoms with Crippen molar-refractivity contribution in [3.63, 3.8) is 0 Å². The van der Waals surface area contributed by atoms with Crippen LogP contribution in [0.15, 0.2) is 18.5 Å². The third-order valence-electron chi connectivity index (χ3n) is 5.28. The van der Waals surface area contributed by atoms with Gasteiger partial charge in [-0.1, -0.05) is 13.8 Å². The molecule has 0 unspecified atom stereocenters. The fourth-order valence-electron chi connectivity index (χ4n) is 3.46. The monoisotopic (exact) mass is 387 g/mol.